The fourth-order valence-electron chi connectivity index (χ4n) is 4.09. The van der Waals surface area contributed by atoms with Crippen LogP contribution in [0.1, 0.15) is 29.2 Å². The number of rotatable bonds is 5. The molecule has 0 amide bonds. The summed E-state index contributed by atoms with van der Waals surface area (Å²) in [6.45, 7) is 3.79. The van der Waals surface area contributed by atoms with Gasteiger partial charge in [0.05, 0.1) is 6.10 Å². The van der Waals surface area contributed by atoms with E-state index in [1.165, 1.54) is 0 Å². The van der Waals surface area contributed by atoms with Gasteiger partial charge >= 0.3 is 5.97 Å². The molecule has 4 nitrogen and oxygen atoms in total. The van der Waals surface area contributed by atoms with Gasteiger partial charge in [-0.3, -0.25) is 4.79 Å². The van der Waals surface area contributed by atoms with Crippen LogP contribution in [-0.2, 0) is 15.1 Å². The maximum atomic E-state index is 11.5. The highest BCUT2D eigenvalue weighted by molar-refractivity contribution is 5.83. The van der Waals surface area contributed by atoms with Gasteiger partial charge in [-0.2, -0.15) is 0 Å². The highest BCUT2D eigenvalue weighted by atomic mass is 16.5. The van der Waals surface area contributed by atoms with Gasteiger partial charge < -0.3 is 15.6 Å². The van der Waals surface area contributed by atoms with Crippen LogP contribution in [0.15, 0.2) is 72.8 Å². The third kappa shape index (κ3) is 2.73. The highest BCUT2D eigenvalue weighted by Gasteiger charge is 2.47. The minimum atomic E-state index is -1.12. The van der Waals surface area contributed by atoms with Gasteiger partial charge in [-0.25, -0.2) is 0 Å². The van der Waals surface area contributed by atoms with Crippen LogP contribution in [-0.4, -0.2) is 23.2 Å². The number of carboxylic acids is 1. The number of fused-ring (bicyclic) bond motifs is 3. The third-order valence-corrected chi connectivity index (χ3v) is 5.48. The molecule has 4 rings (SSSR count). The van der Waals surface area contributed by atoms with E-state index >= 15 is 0 Å². The Morgan fingerprint density at radius 1 is 0.964 bits per heavy atom. The number of benzene rings is 3. The molecule has 0 aromatic heterocycles. The zero-order valence-corrected chi connectivity index (χ0v) is 15.9. The molecule has 3 aromatic carbocycles. The van der Waals surface area contributed by atoms with Crippen LogP contribution in [0, 0.1) is 6.92 Å². The molecule has 0 saturated carbocycles. The number of carbonyl (C=O) groups is 1. The van der Waals surface area contributed by atoms with Gasteiger partial charge in [-0.05, 0) is 30.5 Å². The average Bonchev–Trinajstić information content (AvgIpc) is 2.98. The maximum Gasteiger partial charge on any atom is 0.323 e. The van der Waals surface area contributed by atoms with E-state index in [-0.39, 0.29) is 0 Å². The van der Waals surface area contributed by atoms with Gasteiger partial charge in [-0.15, -0.1) is 0 Å². The Bertz CT molecular complexity index is 1030. The Morgan fingerprint density at radius 3 is 2.32 bits per heavy atom. The monoisotopic (exact) mass is 373 g/mol. The van der Waals surface area contributed by atoms with E-state index in [0.717, 1.165) is 33.4 Å². The van der Waals surface area contributed by atoms with Crippen molar-refractivity contribution in [2.24, 2.45) is 5.73 Å². The van der Waals surface area contributed by atoms with Gasteiger partial charge in [-0.1, -0.05) is 78.4 Å². The van der Waals surface area contributed by atoms with Crippen LogP contribution in [0.2, 0.25) is 0 Å². The lowest BCUT2D eigenvalue weighted by molar-refractivity contribution is -0.144. The van der Waals surface area contributed by atoms with Crippen molar-refractivity contribution in [3.05, 3.63) is 95.1 Å². The highest BCUT2D eigenvalue weighted by Crippen LogP contribution is 2.53. The fourth-order valence-corrected chi connectivity index (χ4v) is 4.09. The molecule has 4 heteroatoms. The lowest BCUT2D eigenvalue weighted by Gasteiger charge is -2.36. The molecule has 0 bridgehead atoms. The van der Waals surface area contributed by atoms with Crippen molar-refractivity contribution in [1.29, 1.82) is 0 Å². The van der Waals surface area contributed by atoms with E-state index in [1.807, 2.05) is 42.5 Å². The predicted octanol–water partition coefficient (Wildman–Crippen LogP) is 4.08. The largest absolute Gasteiger partial charge is 0.480 e. The Labute approximate surface area is 164 Å². The molecule has 0 spiro atoms. The summed E-state index contributed by atoms with van der Waals surface area (Å²) in [5.41, 5.74) is 11.3. The number of ether oxygens (including phenoxy) is 1. The van der Waals surface area contributed by atoms with Crippen molar-refractivity contribution in [2.45, 2.75) is 31.6 Å². The minimum absolute atomic E-state index is 0.696. The molecule has 142 valence electrons. The Kier molecular flexibility index (Phi) is 4.53. The number of aliphatic carboxylic acids is 1. The quantitative estimate of drug-likeness (QED) is 0.707. The Morgan fingerprint density at radius 2 is 1.61 bits per heavy atom. The van der Waals surface area contributed by atoms with Crippen molar-refractivity contribution in [1.82, 2.24) is 0 Å². The van der Waals surface area contributed by atoms with Crippen LogP contribution >= 0.6 is 0 Å². The van der Waals surface area contributed by atoms with E-state index < -0.39 is 23.7 Å². The molecule has 0 aliphatic heterocycles. The third-order valence-electron chi connectivity index (χ3n) is 5.48. The van der Waals surface area contributed by atoms with Gasteiger partial charge in [0.15, 0.2) is 0 Å². The maximum absolute atomic E-state index is 11.5. The van der Waals surface area contributed by atoms with E-state index in [1.54, 1.807) is 6.92 Å². The molecule has 0 radical (unpaired) electrons. The number of aryl methyl sites for hydroxylation is 1. The first-order valence-electron chi connectivity index (χ1n) is 9.38. The molecule has 3 N–H and O–H groups in total. The number of nitrogens with two attached hydrogens (primary N) is 1. The van der Waals surface area contributed by atoms with Crippen LogP contribution in [0.25, 0.3) is 11.1 Å². The van der Waals surface area contributed by atoms with Crippen molar-refractivity contribution in [2.75, 3.05) is 0 Å². The van der Waals surface area contributed by atoms with Crippen molar-refractivity contribution in [3.8, 4) is 11.1 Å². The van der Waals surface area contributed by atoms with Crippen LogP contribution < -0.4 is 5.73 Å². The summed E-state index contributed by atoms with van der Waals surface area (Å²) in [5, 5.41) is 9.40. The molecule has 3 atom stereocenters. The molecule has 0 fully saturated rings. The summed E-state index contributed by atoms with van der Waals surface area (Å²) in [7, 11) is 0. The summed E-state index contributed by atoms with van der Waals surface area (Å²) < 4.78 is 6.60. The zero-order chi connectivity index (χ0) is 19.9. The normalized spacial score (nSPS) is 19.5. The molecule has 0 saturated heterocycles. The van der Waals surface area contributed by atoms with Crippen molar-refractivity contribution >= 4 is 5.97 Å². The number of carboxylic acid groups (broad SMARTS) is 1. The van der Waals surface area contributed by atoms with Crippen LogP contribution in [0.4, 0.5) is 0 Å². The second kappa shape index (κ2) is 6.89. The molecular formula is C24H23NO3. The molecule has 1 aliphatic carbocycles. The molecule has 1 aliphatic rings. The summed E-state index contributed by atoms with van der Waals surface area (Å²) >= 11 is 0. The molecular weight excluding hydrogens is 350 g/mol. The molecule has 0 heterocycles. The Balaban J connectivity index is 2.00. The van der Waals surface area contributed by atoms with Gasteiger partial charge in [0.1, 0.15) is 11.6 Å². The number of hydrogen-bond donors (Lipinski definition) is 2. The van der Waals surface area contributed by atoms with E-state index in [2.05, 4.69) is 37.3 Å². The summed E-state index contributed by atoms with van der Waals surface area (Å²) in [5.74, 6) is -1.08. The first-order valence-corrected chi connectivity index (χ1v) is 9.38. The first kappa shape index (κ1) is 18.4. The fraction of sp³-hybridized carbons (Fsp3) is 0.208. The van der Waals surface area contributed by atoms with Crippen molar-refractivity contribution < 1.29 is 14.6 Å². The minimum Gasteiger partial charge on any atom is -0.480 e. The standard InChI is InChI=1S/C24H23NO3/c1-15-12-13-21-19(14-15)18-10-6-7-11-20(18)24(21,17-8-4-3-5-9-17)28-16(2)22(25)23(26)27/h3-14,16,22H,25H2,1-2H3,(H,26,27)/t16?,22-,24?/m0/s1. The van der Waals surface area contributed by atoms with Crippen LogP contribution in [0.5, 0.6) is 0 Å². The van der Waals surface area contributed by atoms with E-state index in [0.29, 0.717) is 0 Å². The predicted molar refractivity (Wildman–Crippen MR) is 109 cm³/mol. The summed E-state index contributed by atoms with van der Waals surface area (Å²) in [6.07, 6.45) is -0.696. The second-order valence-corrected chi connectivity index (χ2v) is 7.33. The lowest BCUT2D eigenvalue weighted by atomic mass is 9.83. The first-order chi connectivity index (χ1) is 13.4. The van der Waals surface area contributed by atoms with E-state index in [9.17, 15) is 9.90 Å². The topological polar surface area (TPSA) is 72.5 Å². The smallest absolute Gasteiger partial charge is 0.323 e. The summed E-state index contributed by atoms with van der Waals surface area (Å²) in [4.78, 5) is 11.5. The second-order valence-electron chi connectivity index (χ2n) is 7.33. The SMILES string of the molecule is Cc1ccc2c(c1)-c1ccccc1C2(OC(C)[C@H](N)C(=O)O)c1ccccc1. The zero-order valence-electron chi connectivity index (χ0n) is 15.9. The van der Waals surface area contributed by atoms with Gasteiger partial charge in [0.25, 0.3) is 0 Å². The molecule has 2 unspecified atom stereocenters. The molecule has 28 heavy (non-hydrogen) atoms. The van der Waals surface area contributed by atoms with E-state index in [4.69, 9.17) is 10.5 Å². The summed E-state index contributed by atoms with van der Waals surface area (Å²) in [6, 6.07) is 23.2. The molecule has 3 aromatic rings. The lowest BCUT2D eigenvalue weighted by Crippen LogP contribution is -2.46. The Hall–Kier alpha value is -2.95. The average molecular weight is 373 g/mol. The van der Waals surface area contributed by atoms with Gasteiger partial charge in [0.2, 0.25) is 0 Å². The van der Waals surface area contributed by atoms with Crippen molar-refractivity contribution in [3.63, 3.8) is 0 Å². The number of hydrogen-bond acceptors (Lipinski definition) is 3. The van der Waals surface area contributed by atoms with Crippen LogP contribution in [0.3, 0.4) is 0 Å². The van der Waals surface area contributed by atoms with Gasteiger partial charge in [0, 0.05) is 11.1 Å².